The van der Waals surface area contributed by atoms with Gasteiger partial charge >= 0.3 is 0 Å². The van der Waals surface area contributed by atoms with Crippen LogP contribution in [0.15, 0.2) is 36.5 Å². The van der Waals surface area contributed by atoms with Crippen molar-refractivity contribution in [2.75, 3.05) is 5.32 Å². The molecule has 1 aliphatic heterocycles. The van der Waals surface area contributed by atoms with E-state index < -0.39 is 0 Å². The van der Waals surface area contributed by atoms with Gasteiger partial charge in [0, 0.05) is 39.7 Å². The van der Waals surface area contributed by atoms with E-state index in [0.29, 0.717) is 0 Å². The molecule has 0 radical (unpaired) electrons. The van der Waals surface area contributed by atoms with Gasteiger partial charge in [0.1, 0.15) is 0 Å². The molecular weight excluding hydrogens is 298 g/mol. The minimum atomic E-state index is -0.284. The Morgan fingerprint density at radius 3 is 2.75 bits per heavy atom. The second-order valence-electron chi connectivity index (χ2n) is 7.10. The van der Waals surface area contributed by atoms with Crippen LogP contribution in [0.1, 0.15) is 36.9 Å². The molecule has 5 rings (SSSR count). The fourth-order valence-electron chi connectivity index (χ4n) is 4.39. The molecular formula is C20H19N3O. The summed E-state index contributed by atoms with van der Waals surface area (Å²) in [5.41, 5.74) is 6.18. The highest BCUT2D eigenvalue weighted by Gasteiger charge is 2.48. The van der Waals surface area contributed by atoms with Crippen LogP contribution in [0.5, 0.6) is 0 Å². The number of nitrogens with one attached hydrogen (secondary N) is 2. The molecule has 0 bridgehead atoms. The number of aromatic nitrogens is 2. The SMILES string of the molecule is Cc1cc(-c2cc3cc4c(cc3[nH]2)NC(=O)C42CCCC2)ccn1. The second-order valence-corrected chi connectivity index (χ2v) is 7.10. The van der Waals surface area contributed by atoms with E-state index in [2.05, 4.69) is 39.6 Å². The van der Waals surface area contributed by atoms with Crippen molar-refractivity contribution in [2.24, 2.45) is 0 Å². The van der Waals surface area contributed by atoms with Crippen molar-refractivity contribution < 1.29 is 4.79 Å². The molecule has 0 saturated heterocycles. The van der Waals surface area contributed by atoms with E-state index >= 15 is 0 Å². The summed E-state index contributed by atoms with van der Waals surface area (Å²) < 4.78 is 0. The summed E-state index contributed by atoms with van der Waals surface area (Å²) in [4.78, 5) is 20.3. The first-order chi connectivity index (χ1) is 11.7. The Bertz CT molecular complexity index is 980. The van der Waals surface area contributed by atoms with Crippen LogP contribution in [0.2, 0.25) is 0 Å². The predicted molar refractivity (Wildman–Crippen MR) is 95.0 cm³/mol. The fraction of sp³-hybridized carbons (Fsp3) is 0.300. The highest BCUT2D eigenvalue weighted by molar-refractivity contribution is 6.09. The van der Waals surface area contributed by atoms with Crippen LogP contribution in [0.4, 0.5) is 5.69 Å². The molecule has 4 nitrogen and oxygen atoms in total. The number of nitrogens with zero attached hydrogens (tertiary/aromatic N) is 1. The summed E-state index contributed by atoms with van der Waals surface area (Å²) >= 11 is 0. The third-order valence-corrected chi connectivity index (χ3v) is 5.62. The molecule has 4 heteroatoms. The Kier molecular flexibility index (Phi) is 2.70. The number of aromatic amines is 1. The van der Waals surface area contributed by atoms with E-state index in [1.807, 2.05) is 19.2 Å². The van der Waals surface area contributed by atoms with Crippen molar-refractivity contribution in [1.29, 1.82) is 0 Å². The van der Waals surface area contributed by atoms with Gasteiger partial charge in [0.05, 0.1) is 5.41 Å². The minimum Gasteiger partial charge on any atom is -0.354 e. The van der Waals surface area contributed by atoms with E-state index in [-0.39, 0.29) is 11.3 Å². The number of carbonyl (C=O) groups is 1. The minimum absolute atomic E-state index is 0.188. The summed E-state index contributed by atoms with van der Waals surface area (Å²) in [6.45, 7) is 2.00. The van der Waals surface area contributed by atoms with E-state index in [1.165, 1.54) is 10.9 Å². The molecule has 3 heterocycles. The maximum Gasteiger partial charge on any atom is 0.235 e. The highest BCUT2D eigenvalue weighted by Crippen LogP contribution is 2.49. The van der Waals surface area contributed by atoms with E-state index in [0.717, 1.165) is 53.8 Å². The van der Waals surface area contributed by atoms with Gasteiger partial charge in [0.15, 0.2) is 0 Å². The normalized spacial score (nSPS) is 18.3. The predicted octanol–water partition coefficient (Wildman–Crippen LogP) is 4.30. The van der Waals surface area contributed by atoms with Crippen LogP contribution >= 0.6 is 0 Å². The average molecular weight is 317 g/mol. The van der Waals surface area contributed by atoms with E-state index in [4.69, 9.17) is 0 Å². The Morgan fingerprint density at radius 2 is 1.96 bits per heavy atom. The first kappa shape index (κ1) is 13.8. The molecule has 2 aromatic heterocycles. The zero-order chi connectivity index (χ0) is 16.3. The van der Waals surface area contributed by atoms with E-state index in [9.17, 15) is 4.79 Å². The lowest BCUT2D eigenvalue weighted by molar-refractivity contribution is -0.120. The molecule has 2 N–H and O–H groups in total. The smallest absolute Gasteiger partial charge is 0.235 e. The highest BCUT2D eigenvalue weighted by atomic mass is 16.2. The lowest BCUT2D eigenvalue weighted by Gasteiger charge is -2.20. The van der Waals surface area contributed by atoms with Gasteiger partial charge in [0.2, 0.25) is 5.91 Å². The zero-order valence-corrected chi connectivity index (χ0v) is 13.6. The standard InChI is InChI=1S/C20H19N3O/c1-12-8-13(4-7-21-12)16-10-14-9-15-18(11-17(14)22-16)23-19(24)20(15)5-2-3-6-20/h4,7-11,22H,2-3,5-6H2,1H3,(H,23,24). The number of pyridine rings is 1. The Morgan fingerprint density at radius 1 is 1.12 bits per heavy atom. The summed E-state index contributed by atoms with van der Waals surface area (Å²) in [6, 6.07) is 10.6. The van der Waals surface area contributed by atoms with Crippen LogP contribution in [-0.4, -0.2) is 15.9 Å². The zero-order valence-electron chi connectivity index (χ0n) is 13.6. The number of carbonyl (C=O) groups excluding carboxylic acids is 1. The number of aryl methyl sites for hydroxylation is 1. The van der Waals surface area contributed by atoms with Crippen molar-refractivity contribution >= 4 is 22.5 Å². The first-order valence-electron chi connectivity index (χ1n) is 8.57. The van der Waals surface area contributed by atoms with Gasteiger partial charge in [0.25, 0.3) is 0 Å². The molecule has 24 heavy (non-hydrogen) atoms. The maximum absolute atomic E-state index is 12.6. The first-order valence-corrected chi connectivity index (χ1v) is 8.57. The van der Waals surface area contributed by atoms with Crippen molar-refractivity contribution in [3.63, 3.8) is 0 Å². The van der Waals surface area contributed by atoms with E-state index in [1.54, 1.807) is 0 Å². The van der Waals surface area contributed by atoms with Gasteiger partial charge < -0.3 is 10.3 Å². The van der Waals surface area contributed by atoms with Gasteiger partial charge in [-0.1, -0.05) is 12.8 Å². The van der Waals surface area contributed by atoms with Crippen LogP contribution in [0.25, 0.3) is 22.2 Å². The van der Waals surface area contributed by atoms with Gasteiger partial charge in [-0.15, -0.1) is 0 Å². The molecule has 0 unspecified atom stereocenters. The lowest BCUT2D eigenvalue weighted by atomic mass is 9.80. The number of benzene rings is 1. The molecule has 1 fully saturated rings. The third kappa shape index (κ3) is 1.80. The van der Waals surface area contributed by atoms with Crippen LogP contribution in [0.3, 0.4) is 0 Å². The fourth-order valence-corrected chi connectivity index (χ4v) is 4.39. The average Bonchev–Trinajstić information content (AvgIpc) is 3.26. The van der Waals surface area contributed by atoms with Crippen molar-refractivity contribution in [3.05, 3.63) is 47.8 Å². The number of amides is 1. The molecule has 1 spiro atoms. The number of anilines is 1. The summed E-state index contributed by atoms with van der Waals surface area (Å²) in [6.07, 6.45) is 6.05. The number of fused-ring (bicyclic) bond motifs is 3. The number of H-pyrrole nitrogens is 1. The Balaban J connectivity index is 1.67. The molecule has 0 atom stereocenters. The topological polar surface area (TPSA) is 57.8 Å². The summed E-state index contributed by atoms with van der Waals surface area (Å²) in [7, 11) is 0. The van der Waals surface area contributed by atoms with Crippen LogP contribution < -0.4 is 5.32 Å². The van der Waals surface area contributed by atoms with Crippen LogP contribution in [0, 0.1) is 6.92 Å². The summed E-state index contributed by atoms with van der Waals surface area (Å²) in [5, 5.41) is 4.28. The molecule has 1 amide bonds. The van der Waals surface area contributed by atoms with Crippen molar-refractivity contribution in [2.45, 2.75) is 38.0 Å². The number of hydrogen-bond donors (Lipinski definition) is 2. The number of hydrogen-bond acceptors (Lipinski definition) is 2. The molecule has 1 aliphatic carbocycles. The molecule has 1 saturated carbocycles. The van der Waals surface area contributed by atoms with Gasteiger partial charge in [-0.3, -0.25) is 9.78 Å². The molecule has 1 aromatic carbocycles. The molecule has 120 valence electrons. The largest absolute Gasteiger partial charge is 0.354 e. The summed E-state index contributed by atoms with van der Waals surface area (Å²) in [5.74, 6) is 0.188. The second kappa shape index (κ2) is 4.69. The lowest BCUT2D eigenvalue weighted by Crippen LogP contribution is -2.30. The molecule has 2 aliphatic rings. The monoisotopic (exact) mass is 317 g/mol. The third-order valence-electron chi connectivity index (χ3n) is 5.62. The van der Waals surface area contributed by atoms with Crippen molar-refractivity contribution in [1.82, 2.24) is 9.97 Å². The van der Waals surface area contributed by atoms with Gasteiger partial charge in [-0.05, 0) is 55.7 Å². The maximum atomic E-state index is 12.6. The molecule has 3 aromatic rings. The quantitative estimate of drug-likeness (QED) is 0.703. The number of rotatable bonds is 1. The van der Waals surface area contributed by atoms with Crippen LogP contribution in [-0.2, 0) is 10.2 Å². The van der Waals surface area contributed by atoms with Gasteiger partial charge in [-0.25, -0.2) is 0 Å². The van der Waals surface area contributed by atoms with Gasteiger partial charge in [-0.2, -0.15) is 0 Å². The van der Waals surface area contributed by atoms with Crippen molar-refractivity contribution in [3.8, 4) is 11.3 Å². The Labute approximate surface area is 140 Å². The Hall–Kier alpha value is -2.62.